The second-order valence-corrected chi connectivity index (χ2v) is 6.46. The molecule has 2 heterocycles. The Hall–Kier alpha value is -1.16. The third-order valence-electron chi connectivity index (χ3n) is 4.53. The summed E-state index contributed by atoms with van der Waals surface area (Å²) in [5, 5.41) is 3.53. The van der Waals surface area contributed by atoms with Gasteiger partial charge in [-0.25, -0.2) is 9.97 Å². The molecule has 1 unspecified atom stereocenters. The molecule has 0 radical (unpaired) electrons. The van der Waals surface area contributed by atoms with Gasteiger partial charge in [0.25, 0.3) is 0 Å². The fraction of sp³-hybridized carbons (Fsp3) is 0.750. The first-order valence-corrected chi connectivity index (χ1v) is 8.03. The zero-order valence-corrected chi connectivity index (χ0v) is 12.7. The van der Waals surface area contributed by atoms with Crippen LogP contribution in [0.1, 0.15) is 50.3 Å². The Morgan fingerprint density at radius 1 is 1.25 bits per heavy atom. The van der Waals surface area contributed by atoms with Crippen molar-refractivity contribution in [1.82, 2.24) is 15.3 Å². The van der Waals surface area contributed by atoms with Crippen LogP contribution in [0.2, 0.25) is 0 Å². The molecule has 1 aromatic heterocycles. The van der Waals surface area contributed by atoms with Crippen LogP contribution in [0.3, 0.4) is 0 Å². The van der Waals surface area contributed by atoms with E-state index < -0.39 is 0 Å². The molecule has 20 heavy (non-hydrogen) atoms. The minimum absolute atomic E-state index is 0.737. The van der Waals surface area contributed by atoms with Gasteiger partial charge in [0.1, 0.15) is 0 Å². The van der Waals surface area contributed by atoms with E-state index in [1.165, 1.54) is 37.7 Å². The number of hydrogen-bond donors (Lipinski definition) is 1. The van der Waals surface area contributed by atoms with Gasteiger partial charge in [0.2, 0.25) is 5.95 Å². The van der Waals surface area contributed by atoms with Crippen LogP contribution in [0.4, 0.5) is 5.95 Å². The van der Waals surface area contributed by atoms with Crippen LogP contribution < -0.4 is 10.2 Å². The lowest BCUT2D eigenvalue weighted by atomic mass is 10.0. The SMILES string of the molecule is Cc1nc(N2CCCC(C)CC2)ncc1CNC1CC1. The van der Waals surface area contributed by atoms with E-state index in [1.54, 1.807) is 0 Å². The first kappa shape index (κ1) is 13.8. The molecule has 2 fully saturated rings. The first-order chi connectivity index (χ1) is 9.72. The highest BCUT2D eigenvalue weighted by molar-refractivity contribution is 5.33. The molecule has 1 aromatic rings. The summed E-state index contributed by atoms with van der Waals surface area (Å²) in [6, 6.07) is 0.737. The lowest BCUT2D eigenvalue weighted by molar-refractivity contribution is 0.521. The third kappa shape index (κ3) is 3.48. The van der Waals surface area contributed by atoms with Crippen molar-refractivity contribution < 1.29 is 0 Å². The number of anilines is 1. The molecule has 0 aromatic carbocycles. The lowest BCUT2D eigenvalue weighted by Gasteiger charge is -2.21. The quantitative estimate of drug-likeness (QED) is 0.916. The number of nitrogens with one attached hydrogen (secondary N) is 1. The van der Waals surface area contributed by atoms with Gasteiger partial charge in [-0.05, 0) is 44.9 Å². The molecule has 4 heteroatoms. The number of hydrogen-bond acceptors (Lipinski definition) is 4. The lowest BCUT2D eigenvalue weighted by Crippen LogP contribution is -2.27. The fourth-order valence-corrected chi connectivity index (χ4v) is 2.81. The van der Waals surface area contributed by atoms with E-state index in [1.807, 2.05) is 6.20 Å². The molecule has 1 atom stereocenters. The van der Waals surface area contributed by atoms with Crippen LogP contribution in [-0.4, -0.2) is 29.1 Å². The van der Waals surface area contributed by atoms with E-state index in [0.717, 1.165) is 43.2 Å². The Labute approximate surface area is 122 Å². The zero-order valence-electron chi connectivity index (χ0n) is 12.7. The first-order valence-electron chi connectivity index (χ1n) is 8.03. The molecule has 0 bridgehead atoms. The van der Waals surface area contributed by atoms with E-state index in [9.17, 15) is 0 Å². The number of aryl methyl sites for hydroxylation is 1. The van der Waals surface area contributed by atoms with E-state index in [0.29, 0.717) is 0 Å². The Balaban J connectivity index is 1.65. The van der Waals surface area contributed by atoms with Gasteiger partial charge in [0.15, 0.2) is 0 Å². The second kappa shape index (κ2) is 6.08. The molecule has 1 saturated carbocycles. The Morgan fingerprint density at radius 3 is 2.85 bits per heavy atom. The summed E-state index contributed by atoms with van der Waals surface area (Å²) in [6.45, 7) is 7.56. The van der Waals surface area contributed by atoms with Gasteiger partial charge in [0, 0.05) is 43.1 Å². The van der Waals surface area contributed by atoms with Crippen LogP contribution in [0.5, 0.6) is 0 Å². The summed E-state index contributed by atoms with van der Waals surface area (Å²) >= 11 is 0. The third-order valence-corrected chi connectivity index (χ3v) is 4.53. The monoisotopic (exact) mass is 274 g/mol. The molecule has 2 aliphatic rings. The topological polar surface area (TPSA) is 41.1 Å². The summed E-state index contributed by atoms with van der Waals surface area (Å²) in [7, 11) is 0. The van der Waals surface area contributed by atoms with Crippen LogP contribution in [-0.2, 0) is 6.54 Å². The normalized spacial score (nSPS) is 23.7. The highest BCUT2D eigenvalue weighted by Crippen LogP contribution is 2.22. The highest BCUT2D eigenvalue weighted by atomic mass is 15.2. The maximum absolute atomic E-state index is 4.74. The van der Waals surface area contributed by atoms with Crippen LogP contribution in [0.15, 0.2) is 6.20 Å². The smallest absolute Gasteiger partial charge is 0.225 e. The van der Waals surface area contributed by atoms with Gasteiger partial charge in [-0.1, -0.05) is 6.92 Å². The molecule has 0 amide bonds. The number of rotatable bonds is 4. The van der Waals surface area contributed by atoms with Gasteiger partial charge < -0.3 is 10.2 Å². The van der Waals surface area contributed by atoms with Crippen LogP contribution in [0, 0.1) is 12.8 Å². The van der Waals surface area contributed by atoms with Crippen molar-refractivity contribution in [2.45, 2.75) is 58.5 Å². The predicted octanol–water partition coefficient (Wildman–Crippen LogP) is 2.66. The molecule has 0 spiro atoms. The van der Waals surface area contributed by atoms with E-state index in [4.69, 9.17) is 4.98 Å². The largest absolute Gasteiger partial charge is 0.341 e. The fourth-order valence-electron chi connectivity index (χ4n) is 2.81. The van der Waals surface area contributed by atoms with Crippen LogP contribution in [0.25, 0.3) is 0 Å². The van der Waals surface area contributed by atoms with Crippen molar-refractivity contribution in [2.75, 3.05) is 18.0 Å². The summed E-state index contributed by atoms with van der Waals surface area (Å²) in [4.78, 5) is 11.7. The predicted molar refractivity (Wildman–Crippen MR) is 81.9 cm³/mol. The van der Waals surface area contributed by atoms with Gasteiger partial charge in [0.05, 0.1) is 0 Å². The molecule has 1 aliphatic heterocycles. The summed E-state index contributed by atoms with van der Waals surface area (Å²) in [5.41, 5.74) is 2.37. The van der Waals surface area contributed by atoms with Gasteiger partial charge in [-0.2, -0.15) is 0 Å². The molecule has 1 N–H and O–H groups in total. The number of aromatic nitrogens is 2. The van der Waals surface area contributed by atoms with Crippen molar-refractivity contribution in [2.24, 2.45) is 5.92 Å². The highest BCUT2D eigenvalue weighted by Gasteiger charge is 2.21. The average molecular weight is 274 g/mol. The van der Waals surface area contributed by atoms with Crippen molar-refractivity contribution in [3.8, 4) is 0 Å². The number of nitrogens with zero attached hydrogens (tertiary/aromatic N) is 3. The molecule has 1 aliphatic carbocycles. The van der Waals surface area contributed by atoms with Crippen molar-refractivity contribution >= 4 is 5.95 Å². The molecule has 3 rings (SSSR count). The molecular formula is C16H26N4. The maximum atomic E-state index is 4.74. The Kier molecular flexibility index (Phi) is 4.20. The van der Waals surface area contributed by atoms with Crippen molar-refractivity contribution in [1.29, 1.82) is 0 Å². The standard InChI is InChI=1S/C16H26N4/c1-12-4-3-8-20(9-7-12)16-18-11-14(13(2)19-16)10-17-15-5-6-15/h11-12,15,17H,3-10H2,1-2H3. The minimum atomic E-state index is 0.737. The van der Waals surface area contributed by atoms with Crippen molar-refractivity contribution in [3.05, 3.63) is 17.5 Å². The maximum Gasteiger partial charge on any atom is 0.225 e. The van der Waals surface area contributed by atoms with E-state index >= 15 is 0 Å². The summed E-state index contributed by atoms with van der Waals surface area (Å²) < 4.78 is 0. The van der Waals surface area contributed by atoms with E-state index in [-0.39, 0.29) is 0 Å². The van der Waals surface area contributed by atoms with Gasteiger partial charge in [-0.15, -0.1) is 0 Å². The summed E-state index contributed by atoms with van der Waals surface area (Å²) in [6.07, 6.45) is 8.51. The Bertz CT molecular complexity index is 456. The zero-order chi connectivity index (χ0) is 13.9. The molecule has 110 valence electrons. The summed E-state index contributed by atoms with van der Waals surface area (Å²) in [5.74, 6) is 1.76. The van der Waals surface area contributed by atoms with Gasteiger partial charge >= 0.3 is 0 Å². The van der Waals surface area contributed by atoms with Gasteiger partial charge in [-0.3, -0.25) is 0 Å². The minimum Gasteiger partial charge on any atom is -0.341 e. The average Bonchev–Trinajstić information content (AvgIpc) is 3.25. The Morgan fingerprint density at radius 2 is 2.10 bits per heavy atom. The van der Waals surface area contributed by atoms with Crippen molar-refractivity contribution in [3.63, 3.8) is 0 Å². The van der Waals surface area contributed by atoms with E-state index in [2.05, 4.69) is 29.0 Å². The molecule has 1 saturated heterocycles. The molecular weight excluding hydrogens is 248 g/mol. The molecule has 4 nitrogen and oxygen atoms in total. The van der Waals surface area contributed by atoms with Crippen LogP contribution >= 0.6 is 0 Å². The second-order valence-electron chi connectivity index (χ2n) is 6.46.